The third-order valence-corrected chi connectivity index (χ3v) is 5.65. The van der Waals surface area contributed by atoms with Crippen molar-refractivity contribution in [3.05, 3.63) is 71.5 Å². The maximum atomic E-state index is 13.4. The van der Waals surface area contributed by atoms with E-state index in [4.69, 9.17) is 9.47 Å². The number of Topliss-reactive ketones (excluding diaryl/α,β-unsaturated/α-hetero) is 1. The summed E-state index contributed by atoms with van der Waals surface area (Å²) in [5.74, 6) is -1.34. The van der Waals surface area contributed by atoms with E-state index in [1.165, 1.54) is 18.2 Å². The van der Waals surface area contributed by atoms with Crippen LogP contribution < -0.4 is 10.6 Å². The Morgan fingerprint density at radius 3 is 2.22 bits per heavy atom. The summed E-state index contributed by atoms with van der Waals surface area (Å²) in [6, 6.07) is 13.2. The van der Waals surface area contributed by atoms with Crippen LogP contribution in [-0.2, 0) is 14.3 Å². The lowest BCUT2D eigenvalue weighted by Gasteiger charge is -2.28. The average molecular weight is 501 g/mol. The molecule has 36 heavy (non-hydrogen) atoms. The van der Waals surface area contributed by atoms with Gasteiger partial charge in [-0.1, -0.05) is 56.3 Å². The largest absolute Gasteiger partial charge is 0.459 e. The summed E-state index contributed by atoms with van der Waals surface area (Å²) in [4.78, 5) is 38.2. The van der Waals surface area contributed by atoms with Crippen molar-refractivity contribution in [2.24, 2.45) is 5.92 Å². The minimum atomic E-state index is -1.06. The molecule has 0 aromatic heterocycles. The van der Waals surface area contributed by atoms with Crippen LogP contribution in [0.25, 0.3) is 0 Å². The van der Waals surface area contributed by atoms with E-state index in [0.717, 1.165) is 12.8 Å². The molecular weight excluding hydrogens is 463 g/mol. The SMILES string of the molecule is CCC(CC)[C@H](CNCC(=O)c1cccc(F)c1)OC(=O)C(NC(=O)OC(C)(C)C)c1ccccc1. The predicted molar refractivity (Wildman–Crippen MR) is 136 cm³/mol. The van der Waals surface area contributed by atoms with Crippen molar-refractivity contribution < 1.29 is 28.2 Å². The van der Waals surface area contributed by atoms with Crippen LogP contribution in [-0.4, -0.2) is 42.6 Å². The molecule has 0 radical (unpaired) electrons. The maximum Gasteiger partial charge on any atom is 0.408 e. The molecule has 2 N–H and O–H groups in total. The van der Waals surface area contributed by atoms with Crippen molar-refractivity contribution in [1.29, 1.82) is 0 Å². The maximum absolute atomic E-state index is 13.4. The molecule has 0 bridgehead atoms. The van der Waals surface area contributed by atoms with E-state index >= 15 is 0 Å². The number of halogens is 1. The lowest BCUT2D eigenvalue weighted by molar-refractivity contribution is -0.154. The molecule has 2 aromatic carbocycles. The lowest BCUT2D eigenvalue weighted by Crippen LogP contribution is -2.43. The molecule has 7 nitrogen and oxygen atoms in total. The van der Waals surface area contributed by atoms with Gasteiger partial charge in [0.05, 0.1) is 6.54 Å². The number of ketones is 1. The quantitative estimate of drug-likeness (QED) is 0.307. The van der Waals surface area contributed by atoms with Crippen molar-refractivity contribution in [2.75, 3.05) is 13.1 Å². The number of benzene rings is 2. The van der Waals surface area contributed by atoms with E-state index in [-0.39, 0.29) is 30.4 Å². The molecule has 0 saturated carbocycles. The Bertz CT molecular complexity index is 1000. The summed E-state index contributed by atoms with van der Waals surface area (Å²) in [5.41, 5.74) is 0.0981. The fourth-order valence-electron chi connectivity index (χ4n) is 3.78. The summed E-state index contributed by atoms with van der Waals surface area (Å²) >= 11 is 0. The van der Waals surface area contributed by atoms with E-state index in [1.807, 2.05) is 19.9 Å². The number of ether oxygens (including phenoxy) is 2. The van der Waals surface area contributed by atoms with Gasteiger partial charge in [0.25, 0.3) is 0 Å². The van der Waals surface area contributed by atoms with E-state index in [2.05, 4.69) is 10.6 Å². The first-order chi connectivity index (χ1) is 17.0. The topological polar surface area (TPSA) is 93.7 Å². The van der Waals surface area contributed by atoms with Crippen LogP contribution in [0.5, 0.6) is 0 Å². The first-order valence-electron chi connectivity index (χ1n) is 12.3. The van der Waals surface area contributed by atoms with Crippen LogP contribution in [0.4, 0.5) is 9.18 Å². The number of hydrogen-bond acceptors (Lipinski definition) is 6. The number of nitrogens with one attached hydrogen (secondary N) is 2. The van der Waals surface area contributed by atoms with Crippen LogP contribution in [0.2, 0.25) is 0 Å². The first kappa shape index (κ1) is 29.0. The highest BCUT2D eigenvalue weighted by Gasteiger charge is 2.31. The Hall–Kier alpha value is -3.26. The fraction of sp³-hybridized carbons (Fsp3) is 0.464. The van der Waals surface area contributed by atoms with Crippen molar-refractivity contribution in [3.8, 4) is 0 Å². The number of amides is 1. The predicted octanol–water partition coefficient (Wildman–Crippen LogP) is 5.21. The number of hydrogen-bond donors (Lipinski definition) is 2. The summed E-state index contributed by atoms with van der Waals surface area (Å²) in [5, 5.41) is 5.67. The second kappa shape index (κ2) is 13.7. The zero-order chi connectivity index (χ0) is 26.7. The van der Waals surface area contributed by atoms with Crippen molar-refractivity contribution in [3.63, 3.8) is 0 Å². The van der Waals surface area contributed by atoms with Gasteiger partial charge in [-0.3, -0.25) is 4.79 Å². The lowest BCUT2D eigenvalue weighted by atomic mass is 9.96. The standard InChI is InChI=1S/C28H37FN2O5/c1-6-19(7-2)24(18-30-17-23(32)21-14-11-15-22(29)16-21)35-26(33)25(20-12-9-8-10-13-20)31-27(34)36-28(3,4)5/h8-16,19,24-25,30H,6-7,17-18H2,1-5H3,(H,31,34)/t24-,25?/m0/s1. The molecule has 2 aromatic rings. The minimum Gasteiger partial charge on any atom is -0.459 e. The molecular formula is C28H37FN2O5. The van der Waals surface area contributed by atoms with Gasteiger partial charge in [-0.2, -0.15) is 0 Å². The van der Waals surface area contributed by atoms with Crippen LogP contribution in [0, 0.1) is 11.7 Å². The highest BCUT2D eigenvalue weighted by atomic mass is 19.1. The highest BCUT2D eigenvalue weighted by molar-refractivity contribution is 5.97. The number of carbonyl (C=O) groups is 3. The molecule has 0 aliphatic rings. The molecule has 0 fully saturated rings. The molecule has 0 aliphatic carbocycles. The second-order valence-electron chi connectivity index (χ2n) is 9.61. The molecule has 0 aliphatic heterocycles. The van der Waals surface area contributed by atoms with E-state index in [1.54, 1.807) is 51.1 Å². The Kier molecular flexibility index (Phi) is 11.0. The summed E-state index contributed by atoms with van der Waals surface area (Å²) in [7, 11) is 0. The van der Waals surface area contributed by atoms with Crippen molar-refractivity contribution in [1.82, 2.24) is 10.6 Å². The van der Waals surface area contributed by atoms with Gasteiger partial charge in [-0.15, -0.1) is 0 Å². The number of esters is 1. The smallest absolute Gasteiger partial charge is 0.408 e. The zero-order valence-corrected chi connectivity index (χ0v) is 21.7. The summed E-state index contributed by atoms with van der Waals surface area (Å²) in [6.45, 7) is 9.41. The van der Waals surface area contributed by atoms with Gasteiger partial charge in [0.15, 0.2) is 11.8 Å². The normalized spacial score (nSPS) is 13.1. The van der Waals surface area contributed by atoms with Gasteiger partial charge in [-0.25, -0.2) is 14.0 Å². The monoisotopic (exact) mass is 500 g/mol. The van der Waals surface area contributed by atoms with Gasteiger partial charge in [0, 0.05) is 12.1 Å². The Morgan fingerprint density at radius 1 is 0.972 bits per heavy atom. The van der Waals surface area contributed by atoms with Crippen molar-refractivity contribution in [2.45, 2.75) is 65.2 Å². The molecule has 2 atom stereocenters. The van der Waals surface area contributed by atoms with Gasteiger partial charge < -0.3 is 20.1 Å². The van der Waals surface area contributed by atoms with E-state index in [9.17, 15) is 18.8 Å². The van der Waals surface area contributed by atoms with Gasteiger partial charge >= 0.3 is 12.1 Å². The zero-order valence-electron chi connectivity index (χ0n) is 21.7. The molecule has 1 unspecified atom stereocenters. The average Bonchev–Trinajstić information content (AvgIpc) is 2.82. The third-order valence-electron chi connectivity index (χ3n) is 5.65. The fourth-order valence-corrected chi connectivity index (χ4v) is 3.78. The molecule has 0 heterocycles. The number of carbonyl (C=O) groups excluding carboxylic acids is 3. The third kappa shape index (κ3) is 9.41. The first-order valence-corrected chi connectivity index (χ1v) is 12.3. The van der Waals surface area contributed by atoms with Gasteiger partial charge in [0.1, 0.15) is 17.5 Å². The van der Waals surface area contributed by atoms with Crippen molar-refractivity contribution >= 4 is 17.8 Å². The molecule has 0 saturated heterocycles. The highest BCUT2D eigenvalue weighted by Crippen LogP contribution is 2.21. The number of rotatable bonds is 12. The number of alkyl carbamates (subject to hydrolysis) is 1. The van der Waals surface area contributed by atoms with E-state index in [0.29, 0.717) is 5.56 Å². The van der Waals surface area contributed by atoms with Gasteiger partial charge in [-0.05, 0) is 57.2 Å². The Balaban J connectivity index is 2.13. The Labute approximate surface area is 212 Å². The molecule has 0 spiro atoms. The van der Waals surface area contributed by atoms with E-state index < -0.39 is 35.6 Å². The Morgan fingerprint density at radius 2 is 1.64 bits per heavy atom. The van der Waals surface area contributed by atoms with Crippen LogP contribution in [0.3, 0.4) is 0 Å². The minimum absolute atomic E-state index is 0.0312. The molecule has 1 amide bonds. The molecule has 2 rings (SSSR count). The van der Waals surface area contributed by atoms with Gasteiger partial charge in [0.2, 0.25) is 0 Å². The molecule has 196 valence electrons. The van der Waals surface area contributed by atoms with Crippen LogP contribution in [0.1, 0.15) is 69.4 Å². The van der Waals surface area contributed by atoms with Crippen LogP contribution >= 0.6 is 0 Å². The summed E-state index contributed by atoms with van der Waals surface area (Å²) < 4.78 is 24.7. The summed E-state index contributed by atoms with van der Waals surface area (Å²) in [6.07, 6.45) is 0.234. The van der Waals surface area contributed by atoms with Crippen LogP contribution in [0.15, 0.2) is 54.6 Å². The second-order valence-corrected chi connectivity index (χ2v) is 9.61. The molecule has 8 heteroatoms.